The normalized spacial score (nSPS) is 28.6. The Bertz CT molecular complexity index is 455. The number of rotatable bonds is 6. The second kappa shape index (κ2) is 6.84. The molecule has 1 fully saturated rings. The van der Waals surface area contributed by atoms with Crippen molar-refractivity contribution in [3.05, 3.63) is 0 Å². The molecule has 126 valence electrons. The summed E-state index contributed by atoms with van der Waals surface area (Å²) >= 11 is 0. The van der Waals surface area contributed by atoms with E-state index in [4.69, 9.17) is 29.4 Å². The summed E-state index contributed by atoms with van der Waals surface area (Å²) in [6.45, 7) is 0. The van der Waals surface area contributed by atoms with E-state index in [1.165, 1.54) is 0 Å². The van der Waals surface area contributed by atoms with E-state index in [1.54, 1.807) is 0 Å². The van der Waals surface area contributed by atoms with Crippen LogP contribution < -0.4 is 0 Å². The fourth-order valence-corrected chi connectivity index (χ4v) is 3.71. The Kier molecular flexibility index (Phi) is 6.31. The molecule has 21 heavy (non-hydrogen) atoms. The van der Waals surface area contributed by atoms with E-state index in [-0.39, 0.29) is 19.3 Å². The highest BCUT2D eigenvalue weighted by atomic mass is 31.2. The third kappa shape index (κ3) is 7.94. The van der Waals surface area contributed by atoms with Gasteiger partial charge in [-0.05, 0) is 19.3 Å². The van der Waals surface area contributed by atoms with Gasteiger partial charge in [-0.1, -0.05) is 0 Å². The quantitative estimate of drug-likeness (QED) is 0.330. The molecule has 0 bridgehead atoms. The molecule has 0 heterocycles. The van der Waals surface area contributed by atoms with Gasteiger partial charge in [0.2, 0.25) is 0 Å². The van der Waals surface area contributed by atoms with Crippen LogP contribution in [-0.2, 0) is 27.3 Å². The molecule has 0 aromatic rings. The number of phosphoric ester groups is 3. The maximum atomic E-state index is 10.9. The predicted octanol–water partition coefficient (Wildman–Crippen LogP) is -0.396. The summed E-state index contributed by atoms with van der Waals surface area (Å²) in [6, 6.07) is 0. The van der Waals surface area contributed by atoms with E-state index in [0.29, 0.717) is 0 Å². The smallest absolute Gasteiger partial charge is 0.303 e. The van der Waals surface area contributed by atoms with E-state index in [9.17, 15) is 13.7 Å². The maximum Gasteiger partial charge on any atom is 0.470 e. The first kappa shape index (κ1) is 19.4. The van der Waals surface area contributed by atoms with Crippen molar-refractivity contribution in [2.45, 2.75) is 37.6 Å². The molecule has 3 atom stereocenters. The highest BCUT2D eigenvalue weighted by molar-refractivity contribution is 7.47. The highest BCUT2D eigenvalue weighted by Crippen LogP contribution is 2.49. The Morgan fingerprint density at radius 1 is 0.667 bits per heavy atom. The van der Waals surface area contributed by atoms with Gasteiger partial charge in [-0.2, -0.15) is 0 Å². The first-order valence-electron chi connectivity index (χ1n) is 5.49. The summed E-state index contributed by atoms with van der Waals surface area (Å²) in [4.78, 5) is 52.6. The number of phosphoric acid groups is 3. The average Bonchev–Trinajstić information content (AvgIpc) is 2.16. The Labute approximate surface area is 118 Å². The van der Waals surface area contributed by atoms with Gasteiger partial charge in [0, 0.05) is 0 Å². The van der Waals surface area contributed by atoms with Crippen molar-refractivity contribution in [1.82, 2.24) is 0 Å². The first-order chi connectivity index (χ1) is 9.27. The molecular formula is C6H15O12P3. The second-order valence-corrected chi connectivity index (χ2v) is 7.84. The van der Waals surface area contributed by atoms with Crippen LogP contribution in [0.2, 0.25) is 0 Å². The lowest BCUT2D eigenvalue weighted by molar-refractivity contribution is -0.0750. The molecule has 2 unspecified atom stereocenters. The van der Waals surface area contributed by atoms with Crippen LogP contribution in [0.25, 0.3) is 0 Å². The Morgan fingerprint density at radius 3 is 1.29 bits per heavy atom. The van der Waals surface area contributed by atoms with Gasteiger partial charge in [-0.3, -0.25) is 13.6 Å². The molecule has 0 aliphatic heterocycles. The van der Waals surface area contributed by atoms with Crippen molar-refractivity contribution in [2.75, 3.05) is 0 Å². The van der Waals surface area contributed by atoms with Gasteiger partial charge < -0.3 is 29.4 Å². The Morgan fingerprint density at radius 2 is 1.00 bits per heavy atom. The second-order valence-electron chi connectivity index (χ2n) is 4.26. The van der Waals surface area contributed by atoms with Crippen LogP contribution in [-0.4, -0.2) is 47.7 Å². The molecule has 6 N–H and O–H groups in total. The summed E-state index contributed by atoms with van der Waals surface area (Å²) in [5.41, 5.74) is 0. The Balaban J connectivity index is 2.98. The summed E-state index contributed by atoms with van der Waals surface area (Å²) in [6.07, 6.45) is -4.64. The van der Waals surface area contributed by atoms with Crippen LogP contribution in [0.15, 0.2) is 0 Å². The maximum absolute atomic E-state index is 10.9. The van der Waals surface area contributed by atoms with E-state index in [0.717, 1.165) is 0 Å². The van der Waals surface area contributed by atoms with Gasteiger partial charge in [-0.15, -0.1) is 0 Å². The Hall–Kier alpha value is 0.330. The van der Waals surface area contributed by atoms with Crippen LogP contribution in [0.4, 0.5) is 0 Å². The van der Waals surface area contributed by atoms with E-state index in [1.807, 2.05) is 0 Å². The van der Waals surface area contributed by atoms with E-state index in [2.05, 4.69) is 13.6 Å². The number of hydrogen-bond donors (Lipinski definition) is 6. The lowest BCUT2D eigenvalue weighted by Gasteiger charge is -2.36. The monoisotopic (exact) mass is 372 g/mol. The van der Waals surface area contributed by atoms with Gasteiger partial charge >= 0.3 is 23.5 Å². The van der Waals surface area contributed by atoms with Crippen LogP contribution in [0.5, 0.6) is 0 Å². The summed E-state index contributed by atoms with van der Waals surface area (Å²) in [5.74, 6) is 0. The topological polar surface area (TPSA) is 200 Å². The first-order valence-corrected chi connectivity index (χ1v) is 10.1. The molecule has 1 aliphatic carbocycles. The van der Waals surface area contributed by atoms with Crippen LogP contribution in [0.1, 0.15) is 19.3 Å². The minimum atomic E-state index is -5.11. The molecule has 0 saturated heterocycles. The van der Waals surface area contributed by atoms with Crippen molar-refractivity contribution in [1.29, 1.82) is 0 Å². The van der Waals surface area contributed by atoms with Gasteiger partial charge in [-0.25, -0.2) is 13.7 Å². The standard InChI is InChI=1S/C6H15O12P3/c7-19(8,9)16-4-2-1-3-5(17-20(10,11)12)6(4)18-21(13,14)15/h4-6H,1-3H2,(H2,7,8,9)(H2,10,11,12)(H2,13,14,15)/t4-,5?,6?/m0/s1. The molecule has 1 aliphatic rings. The minimum Gasteiger partial charge on any atom is -0.303 e. The molecule has 0 spiro atoms. The lowest BCUT2D eigenvalue weighted by atomic mass is 9.92. The molecule has 15 heteroatoms. The van der Waals surface area contributed by atoms with Crippen molar-refractivity contribution in [3.8, 4) is 0 Å². The zero-order valence-corrected chi connectivity index (χ0v) is 13.0. The molecule has 1 saturated carbocycles. The highest BCUT2D eigenvalue weighted by Gasteiger charge is 2.44. The van der Waals surface area contributed by atoms with Crippen LogP contribution >= 0.6 is 23.5 Å². The zero-order valence-electron chi connectivity index (χ0n) is 10.3. The summed E-state index contributed by atoms with van der Waals surface area (Å²) in [5, 5.41) is 0. The molecule has 0 radical (unpaired) electrons. The van der Waals surface area contributed by atoms with Crippen molar-refractivity contribution < 1.29 is 56.6 Å². The third-order valence-electron chi connectivity index (χ3n) is 2.51. The summed E-state index contributed by atoms with van der Waals surface area (Å²) < 4.78 is 45.6. The van der Waals surface area contributed by atoms with Crippen molar-refractivity contribution in [2.24, 2.45) is 0 Å². The van der Waals surface area contributed by atoms with Crippen molar-refractivity contribution >= 4 is 23.5 Å². The van der Waals surface area contributed by atoms with Crippen molar-refractivity contribution in [3.63, 3.8) is 0 Å². The molecule has 12 nitrogen and oxygen atoms in total. The van der Waals surface area contributed by atoms with Crippen LogP contribution in [0.3, 0.4) is 0 Å². The van der Waals surface area contributed by atoms with E-state index >= 15 is 0 Å². The van der Waals surface area contributed by atoms with Gasteiger partial charge in [0.15, 0.2) is 0 Å². The largest absolute Gasteiger partial charge is 0.470 e. The predicted molar refractivity (Wildman–Crippen MR) is 64.6 cm³/mol. The fraction of sp³-hybridized carbons (Fsp3) is 1.00. The molecule has 0 amide bonds. The van der Waals surface area contributed by atoms with Crippen LogP contribution in [0, 0.1) is 0 Å². The molecule has 0 aromatic carbocycles. The molecule has 0 aromatic heterocycles. The SMILES string of the molecule is O=P(O)(O)OC1CCC[C@H](OP(=O)(O)O)C1OP(=O)(O)O. The minimum absolute atomic E-state index is 0.0448. The van der Waals surface area contributed by atoms with Gasteiger partial charge in [0.05, 0.1) is 12.2 Å². The number of hydrogen-bond acceptors (Lipinski definition) is 6. The molecule has 1 rings (SSSR count). The van der Waals surface area contributed by atoms with Gasteiger partial charge in [0.1, 0.15) is 6.10 Å². The third-order valence-corrected chi connectivity index (χ3v) is 4.12. The zero-order chi connectivity index (χ0) is 16.5. The fourth-order valence-electron chi connectivity index (χ4n) is 1.96. The van der Waals surface area contributed by atoms with Gasteiger partial charge in [0.25, 0.3) is 0 Å². The average molecular weight is 372 g/mol. The van der Waals surface area contributed by atoms with E-state index < -0.39 is 41.8 Å². The molecular weight excluding hydrogens is 357 g/mol. The lowest BCUT2D eigenvalue weighted by Crippen LogP contribution is -2.44. The summed E-state index contributed by atoms with van der Waals surface area (Å²) in [7, 11) is -15.1.